The fourth-order valence-corrected chi connectivity index (χ4v) is 6.43. The molecule has 0 heterocycles. The summed E-state index contributed by atoms with van der Waals surface area (Å²) in [4.78, 5) is 12.4. The Bertz CT molecular complexity index is 539. The second-order valence-corrected chi connectivity index (χ2v) is 8.73. The number of allylic oxidation sites excluding steroid dienone is 1. The highest BCUT2D eigenvalue weighted by Gasteiger charge is 2.60. The summed E-state index contributed by atoms with van der Waals surface area (Å²) in [7, 11) is 0. The SMILES string of the molecule is C[C@]12CC[C@H](O)CC1=CC[C@@H]1[C@@H]2CC[C@]2(C)C(=O)C(O)C[C@@H]12. The highest BCUT2D eigenvalue weighted by molar-refractivity contribution is 5.91. The van der Waals surface area contributed by atoms with E-state index in [1.165, 1.54) is 5.57 Å². The molecule has 4 aliphatic rings. The average molecular weight is 304 g/mol. The van der Waals surface area contributed by atoms with Crippen LogP contribution in [0.25, 0.3) is 0 Å². The Morgan fingerprint density at radius 2 is 1.82 bits per heavy atom. The summed E-state index contributed by atoms with van der Waals surface area (Å²) in [5.41, 5.74) is 1.37. The minimum atomic E-state index is -0.736. The van der Waals surface area contributed by atoms with E-state index in [9.17, 15) is 15.0 Å². The van der Waals surface area contributed by atoms with Crippen LogP contribution in [0.15, 0.2) is 11.6 Å². The zero-order valence-corrected chi connectivity index (χ0v) is 13.7. The van der Waals surface area contributed by atoms with Crippen LogP contribution in [-0.2, 0) is 4.79 Å². The van der Waals surface area contributed by atoms with Crippen LogP contribution in [0.2, 0.25) is 0 Å². The van der Waals surface area contributed by atoms with Crippen LogP contribution in [-0.4, -0.2) is 28.2 Å². The highest BCUT2D eigenvalue weighted by Crippen LogP contribution is 2.63. The van der Waals surface area contributed by atoms with Crippen molar-refractivity contribution in [1.82, 2.24) is 0 Å². The Kier molecular flexibility index (Phi) is 3.16. The van der Waals surface area contributed by atoms with Crippen molar-refractivity contribution in [3.63, 3.8) is 0 Å². The van der Waals surface area contributed by atoms with E-state index in [2.05, 4.69) is 19.9 Å². The second-order valence-electron chi connectivity index (χ2n) is 8.73. The van der Waals surface area contributed by atoms with Crippen LogP contribution in [0.5, 0.6) is 0 Å². The molecule has 0 spiro atoms. The van der Waals surface area contributed by atoms with Crippen molar-refractivity contribution in [3.05, 3.63) is 11.6 Å². The van der Waals surface area contributed by atoms with E-state index < -0.39 is 6.10 Å². The van der Waals surface area contributed by atoms with Gasteiger partial charge in [-0.25, -0.2) is 0 Å². The van der Waals surface area contributed by atoms with Crippen LogP contribution >= 0.6 is 0 Å². The number of aliphatic hydroxyl groups is 2. The van der Waals surface area contributed by atoms with E-state index in [1.807, 2.05) is 0 Å². The molecular weight excluding hydrogens is 276 g/mol. The number of aliphatic hydroxyl groups excluding tert-OH is 2. The molecule has 0 aromatic carbocycles. The maximum atomic E-state index is 12.4. The number of carbonyl (C=O) groups is 1. The van der Waals surface area contributed by atoms with Crippen LogP contribution in [0.1, 0.15) is 58.8 Å². The van der Waals surface area contributed by atoms with Crippen molar-refractivity contribution >= 4 is 5.78 Å². The first kappa shape index (κ1) is 14.9. The van der Waals surface area contributed by atoms with Crippen molar-refractivity contribution in [3.8, 4) is 0 Å². The lowest BCUT2D eigenvalue weighted by Crippen LogP contribution is -2.50. The molecule has 1 unspecified atom stereocenters. The van der Waals surface area contributed by atoms with Gasteiger partial charge in [-0.05, 0) is 68.1 Å². The maximum absolute atomic E-state index is 12.4. The summed E-state index contributed by atoms with van der Waals surface area (Å²) in [6.07, 6.45) is 8.00. The van der Waals surface area contributed by atoms with Crippen molar-refractivity contribution in [2.45, 2.75) is 71.0 Å². The molecule has 22 heavy (non-hydrogen) atoms. The summed E-state index contributed by atoms with van der Waals surface area (Å²) in [6.45, 7) is 4.48. The normalized spacial score (nSPS) is 54.3. The number of hydrogen-bond acceptors (Lipinski definition) is 3. The van der Waals surface area contributed by atoms with Crippen LogP contribution in [0.4, 0.5) is 0 Å². The Hall–Kier alpha value is -0.670. The Labute approximate surface area is 132 Å². The summed E-state index contributed by atoms with van der Waals surface area (Å²) in [5.74, 6) is 1.59. The van der Waals surface area contributed by atoms with E-state index in [-0.39, 0.29) is 22.7 Å². The molecule has 3 fully saturated rings. The molecule has 0 amide bonds. The minimum absolute atomic E-state index is 0.0925. The highest BCUT2D eigenvalue weighted by atomic mass is 16.3. The third-order valence-corrected chi connectivity index (χ3v) is 7.81. The van der Waals surface area contributed by atoms with Crippen molar-refractivity contribution in [2.24, 2.45) is 28.6 Å². The van der Waals surface area contributed by atoms with Gasteiger partial charge in [-0.3, -0.25) is 4.79 Å². The Morgan fingerprint density at radius 1 is 1.09 bits per heavy atom. The molecule has 0 bridgehead atoms. The number of carbonyl (C=O) groups excluding carboxylic acids is 1. The zero-order valence-electron chi connectivity index (χ0n) is 13.7. The van der Waals surface area contributed by atoms with Crippen molar-refractivity contribution in [1.29, 1.82) is 0 Å². The van der Waals surface area contributed by atoms with Crippen LogP contribution in [0.3, 0.4) is 0 Å². The third-order valence-electron chi connectivity index (χ3n) is 7.81. The summed E-state index contributed by atoms with van der Waals surface area (Å²) in [6, 6.07) is 0. The van der Waals surface area contributed by atoms with Gasteiger partial charge in [0.05, 0.1) is 6.10 Å². The number of ketones is 1. The molecule has 0 aliphatic heterocycles. The lowest BCUT2D eigenvalue weighted by Gasteiger charge is -2.56. The van der Waals surface area contributed by atoms with Gasteiger partial charge >= 0.3 is 0 Å². The standard InChI is InChI=1S/C19H28O3/c1-18-7-5-12(20)9-11(18)3-4-13-14(18)6-8-19(2)15(13)10-16(21)17(19)22/h3,12-16,20-21H,4-10H2,1-2H3/t12-,13+,14-,15-,16?,18-,19-/m0/s1. The monoisotopic (exact) mass is 304 g/mol. The fourth-order valence-electron chi connectivity index (χ4n) is 6.43. The summed E-state index contributed by atoms with van der Waals surface area (Å²) < 4.78 is 0. The molecular formula is C19H28O3. The van der Waals surface area contributed by atoms with E-state index in [0.717, 1.165) is 38.5 Å². The largest absolute Gasteiger partial charge is 0.393 e. The molecule has 4 rings (SSSR count). The van der Waals surface area contributed by atoms with E-state index in [0.29, 0.717) is 24.2 Å². The molecule has 3 nitrogen and oxygen atoms in total. The quantitative estimate of drug-likeness (QED) is 0.677. The average Bonchev–Trinajstić information content (AvgIpc) is 2.72. The molecule has 0 saturated heterocycles. The Morgan fingerprint density at radius 3 is 2.59 bits per heavy atom. The molecule has 4 aliphatic carbocycles. The second kappa shape index (κ2) is 4.67. The van der Waals surface area contributed by atoms with Gasteiger partial charge in [-0.15, -0.1) is 0 Å². The van der Waals surface area contributed by atoms with Crippen LogP contribution in [0, 0.1) is 28.6 Å². The number of fused-ring (bicyclic) bond motifs is 5. The smallest absolute Gasteiger partial charge is 0.167 e. The molecule has 2 N–H and O–H groups in total. The van der Waals surface area contributed by atoms with Gasteiger partial charge in [-0.2, -0.15) is 0 Å². The molecule has 0 aromatic rings. The molecule has 3 heteroatoms. The maximum Gasteiger partial charge on any atom is 0.167 e. The first-order valence-electron chi connectivity index (χ1n) is 8.96. The zero-order chi connectivity index (χ0) is 15.7. The topological polar surface area (TPSA) is 57.5 Å². The molecule has 3 saturated carbocycles. The van der Waals surface area contributed by atoms with Gasteiger partial charge in [0.25, 0.3) is 0 Å². The van der Waals surface area contributed by atoms with Crippen LogP contribution < -0.4 is 0 Å². The Balaban J connectivity index is 1.70. The van der Waals surface area contributed by atoms with Gasteiger partial charge in [0.1, 0.15) is 6.10 Å². The van der Waals surface area contributed by atoms with Gasteiger partial charge < -0.3 is 10.2 Å². The molecule has 0 aromatic heterocycles. The van der Waals surface area contributed by atoms with E-state index in [1.54, 1.807) is 0 Å². The van der Waals surface area contributed by atoms with E-state index in [4.69, 9.17) is 0 Å². The van der Waals surface area contributed by atoms with Gasteiger partial charge in [0.2, 0.25) is 0 Å². The summed E-state index contributed by atoms with van der Waals surface area (Å²) >= 11 is 0. The van der Waals surface area contributed by atoms with E-state index >= 15 is 0 Å². The molecule has 122 valence electrons. The predicted octanol–water partition coefficient (Wildman–Crippen LogP) is 2.85. The predicted molar refractivity (Wildman–Crippen MR) is 84.1 cm³/mol. The van der Waals surface area contributed by atoms with Gasteiger partial charge in [0.15, 0.2) is 5.78 Å². The molecule has 7 atom stereocenters. The van der Waals surface area contributed by atoms with Gasteiger partial charge in [0, 0.05) is 5.41 Å². The number of hydrogen-bond donors (Lipinski definition) is 2. The fraction of sp³-hybridized carbons (Fsp3) is 0.842. The molecule has 0 radical (unpaired) electrons. The minimum Gasteiger partial charge on any atom is -0.393 e. The van der Waals surface area contributed by atoms with Crippen molar-refractivity contribution < 1.29 is 15.0 Å². The first-order chi connectivity index (χ1) is 10.4. The third kappa shape index (κ3) is 1.78. The number of Topliss-reactive ketones (excluding diaryl/α,β-unsaturated/α-hetero) is 1. The first-order valence-corrected chi connectivity index (χ1v) is 8.96. The van der Waals surface area contributed by atoms with Gasteiger partial charge in [-0.1, -0.05) is 25.5 Å². The lowest BCUT2D eigenvalue weighted by molar-refractivity contribution is -0.136. The lowest BCUT2D eigenvalue weighted by atomic mass is 9.48. The van der Waals surface area contributed by atoms with Crippen molar-refractivity contribution in [2.75, 3.05) is 0 Å². The summed E-state index contributed by atoms with van der Waals surface area (Å²) in [5, 5.41) is 20.1. The number of rotatable bonds is 0.